The normalized spacial score (nSPS) is 16.9. The van der Waals surface area contributed by atoms with Crippen LogP contribution < -0.4 is 0 Å². The first-order valence-corrected chi connectivity index (χ1v) is 5.75. The summed E-state index contributed by atoms with van der Waals surface area (Å²) in [6.45, 7) is 4.53. The third-order valence-electron chi connectivity index (χ3n) is 2.49. The van der Waals surface area contributed by atoms with Gasteiger partial charge in [0.05, 0.1) is 23.3 Å². The average Bonchev–Trinajstić information content (AvgIpc) is 2.25. The van der Waals surface area contributed by atoms with E-state index >= 15 is 0 Å². The van der Waals surface area contributed by atoms with Gasteiger partial charge in [0.15, 0.2) is 0 Å². The molecule has 1 saturated heterocycles. The van der Waals surface area contributed by atoms with Crippen molar-refractivity contribution in [3.05, 3.63) is 33.8 Å². The molecular weight excluding hydrogens is 268 g/mol. The highest BCUT2D eigenvalue weighted by Crippen LogP contribution is 2.23. The van der Waals surface area contributed by atoms with Gasteiger partial charge in [0, 0.05) is 19.6 Å². The molecule has 0 aromatic heterocycles. The summed E-state index contributed by atoms with van der Waals surface area (Å²) in [5, 5.41) is 1.24. The van der Waals surface area contributed by atoms with Crippen molar-refractivity contribution in [1.82, 2.24) is 4.90 Å². The quantitative estimate of drug-likeness (QED) is 0.826. The first-order chi connectivity index (χ1) is 7.25. The molecular formula is C11H14Cl3NO. The predicted octanol–water partition coefficient (Wildman–Crippen LogP) is 3.25. The number of ether oxygens (including phenoxy) is 1. The van der Waals surface area contributed by atoms with E-state index in [-0.39, 0.29) is 12.4 Å². The summed E-state index contributed by atoms with van der Waals surface area (Å²) < 4.78 is 5.29. The second kappa shape index (κ2) is 6.67. The van der Waals surface area contributed by atoms with Crippen molar-refractivity contribution >= 4 is 35.6 Å². The van der Waals surface area contributed by atoms with Crippen LogP contribution >= 0.6 is 35.6 Å². The fourth-order valence-electron chi connectivity index (χ4n) is 1.66. The third kappa shape index (κ3) is 3.79. The Morgan fingerprint density at radius 3 is 2.44 bits per heavy atom. The molecule has 1 aromatic carbocycles. The lowest BCUT2D eigenvalue weighted by Crippen LogP contribution is -2.35. The summed E-state index contributed by atoms with van der Waals surface area (Å²) in [4.78, 5) is 2.35. The van der Waals surface area contributed by atoms with Crippen molar-refractivity contribution < 1.29 is 4.74 Å². The fourth-order valence-corrected chi connectivity index (χ4v) is 1.98. The van der Waals surface area contributed by atoms with Gasteiger partial charge in [-0.2, -0.15) is 0 Å². The maximum Gasteiger partial charge on any atom is 0.0595 e. The molecule has 0 aliphatic carbocycles. The molecule has 1 aromatic rings. The van der Waals surface area contributed by atoms with E-state index in [1.54, 1.807) is 0 Å². The standard InChI is InChI=1S/C11H13Cl2NO.ClH/c12-10-2-1-9(7-11(10)13)8-14-3-5-15-6-4-14;/h1-2,7H,3-6,8H2;1H. The molecule has 0 spiro atoms. The minimum Gasteiger partial charge on any atom is -0.379 e. The molecule has 1 fully saturated rings. The fraction of sp³-hybridized carbons (Fsp3) is 0.455. The van der Waals surface area contributed by atoms with Gasteiger partial charge in [0.25, 0.3) is 0 Å². The lowest BCUT2D eigenvalue weighted by molar-refractivity contribution is 0.0342. The van der Waals surface area contributed by atoms with Gasteiger partial charge in [0.1, 0.15) is 0 Å². The van der Waals surface area contributed by atoms with E-state index in [1.165, 1.54) is 5.56 Å². The van der Waals surface area contributed by atoms with Crippen LogP contribution in [0, 0.1) is 0 Å². The second-order valence-electron chi connectivity index (χ2n) is 3.64. The van der Waals surface area contributed by atoms with E-state index in [2.05, 4.69) is 4.90 Å². The molecule has 90 valence electrons. The largest absolute Gasteiger partial charge is 0.379 e. The van der Waals surface area contributed by atoms with E-state index in [9.17, 15) is 0 Å². The van der Waals surface area contributed by atoms with Gasteiger partial charge in [-0.15, -0.1) is 12.4 Å². The zero-order chi connectivity index (χ0) is 10.7. The van der Waals surface area contributed by atoms with Crippen molar-refractivity contribution in [2.45, 2.75) is 6.54 Å². The van der Waals surface area contributed by atoms with E-state index in [0.29, 0.717) is 10.0 Å². The SMILES string of the molecule is Cl.Clc1ccc(CN2CCOCC2)cc1Cl. The maximum atomic E-state index is 5.96. The third-order valence-corrected chi connectivity index (χ3v) is 3.23. The number of benzene rings is 1. The molecule has 0 amide bonds. The van der Waals surface area contributed by atoms with Crippen LogP contribution in [0.25, 0.3) is 0 Å². The van der Waals surface area contributed by atoms with Gasteiger partial charge in [-0.1, -0.05) is 29.3 Å². The van der Waals surface area contributed by atoms with E-state index < -0.39 is 0 Å². The second-order valence-corrected chi connectivity index (χ2v) is 4.45. The van der Waals surface area contributed by atoms with Crippen molar-refractivity contribution in [2.75, 3.05) is 26.3 Å². The number of hydrogen-bond acceptors (Lipinski definition) is 2. The van der Waals surface area contributed by atoms with Crippen LogP contribution in [0.2, 0.25) is 10.0 Å². The molecule has 0 saturated carbocycles. The van der Waals surface area contributed by atoms with Crippen molar-refractivity contribution in [3.63, 3.8) is 0 Å². The topological polar surface area (TPSA) is 12.5 Å². The van der Waals surface area contributed by atoms with E-state index in [1.807, 2.05) is 18.2 Å². The Kier molecular flexibility index (Phi) is 5.87. The minimum atomic E-state index is 0. The summed E-state index contributed by atoms with van der Waals surface area (Å²) >= 11 is 11.8. The highest BCUT2D eigenvalue weighted by Gasteiger charge is 2.11. The molecule has 16 heavy (non-hydrogen) atoms. The minimum absolute atomic E-state index is 0. The van der Waals surface area contributed by atoms with Crippen LogP contribution in [-0.4, -0.2) is 31.2 Å². The lowest BCUT2D eigenvalue weighted by atomic mass is 10.2. The van der Waals surface area contributed by atoms with Crippen LogP contribution in [0.3, 0.4) is 0 Å². The molecule has 0 bridgehead atoms. The van der Waals surface area contributed by atoms with Gasteiger partial charge < -0.3 is 4.74 Å². The molecule has 0 unspecified atom stereocenters. The Balaban J connectivity index is 0.00000128. The molecule has 2 nitrogen and oxygen atoms in total. The number of nitrogens with zero attached hydrogens (tertiary/aromatic N) is 1. The zero-order valence-electron chi connectivity index (χ0n) is 8.79. The van der Waals surface area contributed by atoms with Crippen molar-refractivity contribution in [1.29, 1.82) is 0 Å². The maximum absolute atomic E-state index is 5.96. The summed E-state index contributed by atoms with van der Waals surface area (Å²) in [7, 11) is 0. The van der Waals surface area contributed by atoms with Crippen LogP contribution in [0.5, 0.6) is 0 Å². The molecule has 1 aliphatic rings. The summed E-state index contributed by atoms with van der Waals surface area (Å²) in [6, 6.07) is 5.79. The summed E-state index contributed by atoms with van der Waals surface area (Å²) in [5.41, 5.74) is 1.20. The molecule has 0 radical (unpaired) electrons. The highest BCUT2D eigenvalue weighted by atomic mass is 35.5. The Hall–Kier alpha value is 0.01000. The van der Waals surface area contributed by atoms with Gasteiger partial charge in [-0.25, -0.2) is 0 Å². The van der Waals surface area contributed by atoms with Gasteiger partial charge in [0.2, 0.25) is 0 Å². The number of rotatable bonds is 2. The monoisotopic (exact) mass is 281 g/mol. The molecule has 0 atom stereocenters. The summed E-state index contributed by atoms with van der Waals surface area (Å²) in [6.07, 6.45) is 0. The van der Waals surface area contributed by atoms with Gasteiger partial charge in [-0.3, -0.25) is 4.90 Å². The van der Waals surface area contributed by atoms with E-state index in [0.717, 1.165) is 32.8 Å². The molecule has 0 N–H and O–H groups in total. The first-order valence-electron chi connectivity index (χ1n) is 5.00. The Labute approximate surface area is 112 Å². The Morgan fingerprint density at radius 2 is 1.81 bits per heavy atom. The predicted molar refractivity (Wildman–Crippen MR) is 69.8 cm³/mol. The van der Waals surface area contributed by atoms with Crippen LogP contribution in [0.4, 0.5) is 0 Å². The Bertz CT molecular complexity index is 340. The number of hydrogen-bond donors (Lipinski definition) is 0. The van der Waals surface area contributed by atoms with Crippen molar-refractivity contribution in [3.8, 4) is 0 Å². The summed E-state index contributed by atoms with van der Waals surface area (Å²) in [5.74, 6) is 0. The molecule has 1 aliphatic heterocycles. The van der Waals surface area contributed by atoms with Gasteiger partial charge in [-0.05, 0) is 17.7 Å². The van der Waals surface area contributed by atoms with Gasteiger partial charge >= 0.3 is 0 Å². The number of morpholine rings is 1. The lowest BCUT2D eigenvalue weighted by Gasteiger charge is -2.26. The van der Waals surface area contributed by atoms with Crippen LogP contribution in [0.15, 0.2) is 18.2 Å². The average molecular weight is 283 g/mol. The molecule has 5 heteroatoms. The van der Waals surface area contributed by atoms with Crippen molar-refractivity contribution in [2.24, 2.45) is 0 Å². The number of halogens is 3. The Morgan fingerprint density at radius 1 is 1.12 bits per heavy atom. The van der Waals surface area contributed by atoms with E-state index in [4.69, 9.17) is 27.9 Å². The molecule has 2 rings (SSSR count). The zero-order valence-corrected chi connectivity index (χ0v) is 11.1. The smallest absolute Gasteiger partial charge is 0.0595 e. The highest BCUT2D eigenvalue weighted by molar-refractivity contribution is 6.42. The van der Waals surface area contributed by atoms with Crippen LogP contribution in [-0.2, 0) is 11.3 Å². The molecule has 1 heterocycles. The van der Waals surface area contributed by atoms with Crippen LogP contribution in [0.1, 0.15) is 5.56 Å². The first kappa shape index (κ1) is 14.1.